The maximum atomic E-state index is 13.1. The smallest absolute Gasteiger partial charge is 0.275 e. The molecule has 0 spiro atoms. The molecular weight excluding hydrogens is 430 g/mol. The predicted octanol–water partition coefficient (Wildman–Crippen LogP) is 4.25. The third-order valence-electron chi connectivity index (χ3n) is 5.41. The maximum absolute atomic E-state index is 13.1. The average molecular weight is 447 g/mol. The van der Waals surface area contributed by atoms with Crippen LogP contribution in [-0.2, 0) is 0 Å². The highest BCUT2D eigenvalue weighted by Crippen LogP contribution is 2.34. The summed E-state index contributed by atoms with van der Waals surface area (Å²) >= 11 is 1.29. The Morgan fingerprint density at radius 2 is 1.94 bits per heavy atom. The van der Waals surface area contributed by atoms with Gasteiger partial charge in [-0.1, -0.05) is 11.3 Å². The molecule has 0 amide bonds. The first-order valence-electron chi connectivity index (χ1n) is 9.72. The topological polar surface area (TPSA) is 99.9 Å². The van der Waals surface area contributed by atoms with Gasteiger partial charge in [-0.2, -0.15) is 0 Å². The molecule has 32 heavy (non-hydrogen) atoms. The van der Waals surface area contributed by atoms with Crippen molar-refractivity contribution in [3.05, 3.63) is 84.4 Å². The number of non-ortho nitro benzene ring substituents is 1. The summed E-state index contributed by atoms with van der Waals surface area (Å²) < 4.78 is 13.3. The Bertz CT molecular complexity index is 1640. The monoisotopic (exact) mass is 447 g/mol. The van der Waals surface area contributed by atoms with Crippen LogP contribution < -0.4 is 14.8 Å². The number of nitrogens with zero attached hydrogens (tertiary/aromatic N) is 3. The van der Waals surface area contributed by atoms with E-state index in [1.165, 1.54) is 36.6 Å². The van der Waals surface area contributed by atoms with Gasteiger partial charge in [0.15, 0.2) is 4.96 Å². The quantitative estimate of drug-likeness (QED) is 0.302. The number of nitro groups is 1. The molecule has 0 fully saturated rings. The van der Waals surface area contributed by atoms with Gasteiger partial charge in [-0.05, 0) is 55.3 Å². The summed E-state index contributed by atoms with van der Waals surface area (Å²) in [5, 5.41) is 11.1. The number of hydrogen-bond acceptors (Lipinski definition) is 7. The first-order chi connectivity index (χ1) is 15.4. The number of imidazole rings is 1. The molecule has 5 rings (SSSR count). The van der Waals surface area contributed by atoms with Crippen LogP contribution in [0.5, 0.6) is 5.75 Å². The first kappa shape index (κ1) is 20.0. The van der Waals surface area contributed by atoms with Crippen molar-refractivity contribution in [1.82, 2.24) is 9.38 Å². The fourth-order valence-electron chi connectivity index (χ4n) is 3.63. The van der Waals surface area contributed by atoms with Gasteiger partial charge in [0.2, 0.25) is 0 Å². The summed E-state index contributed by atoms with van der Waals surface area (Å²) in [4.78, 5) is 28.9. The number of aryl methyl sites for hydroxylation is 2. The lowest BCUT2D eigenvalue weighted by atomic mass is 10.1. The second-order valence-corrected chi connectivity index (χ2v) is 8.42. The third kappa shape index (κ3) is 3.14. The summed E-state index contributed by atoms with van der Waals surface area (Å²) in [5.74, 6) is 1.31. The number of fused-ring (bicyclic) bond motifs is 3. The van der Waals surface area contributed by atoms with Gasteiger partial charge in [0.05, 0.1) is 28.6 Å². The van der Waals surface area contributed by atoms with Crippen molar-refractivity contribution >= 4 is 39.1 Å². The molecule has 0 aliphatic heterocycles. The molecule has 0 saturated carbocycles. The highest BCUT2D eigenvalue weighted by molar-refractivity contribution is 7.15. The van der Waals surface area contributed by atoms with Crippen LogP contribution in [0.2, 0.25) is 0 Å². The molecule has 5 aromatic rings. The lowest BCUT2D eigenvalue weighted by Crippen LogP contribution is -2.22. The largest absolute Gasteiger partial charge is 0.496 e. The predicted molar refractivity (Wildman–Crippen MR) is 122 cm³/mol. The van der Waals surface area contributed by atoms with E-state index in [0.717, 1.165) is 22.2 Å². The number of hydrogen-bond donors (Lipinski definition) is 0. The van der Waals surface area contributed by atoms with Crippen molar-refractivity contribution in [2.75, 3.05) is 7.11 Å². The average Bonchev–Trinajstić information content (AvgIpc) is 3.44. The molecule has 3 heterocycles. The SMILES string of the molecule is COc1ccc([N+](=O)[O-])cc1-c1ccc(C=c2sc3nc4cc(C)c(C)cc4n3c2=O)o1. The molecule has 2 aromatic carbocycles. The van der Waals surface area contributed by atoms with Crippen molar-refractivity contribution in [2.24, 2.45) is 0 Å². The zero-order valence-electron chi connectivity index (χ0n) is 17.4. The Hall–Kier alpha value is -3.98. The molecule has 8 nitrogen and oxygen atoms in total. The van der Waals surface area contributed by atoms with Gasteiger partial charge in [-0.15, -0.1) is 0 Å². The van der Waals surface area contributed by atoms with Crippen molar-refractivity contribution in [3.8, 4) is 17.1 Å². The van der Waals surface area contributed by atoms with E-state index in [4.69, 9.17) is 9.15 Å². The summed E-state index contributed by atoms with van der Waals surface area (Å²) in [7, 11) is 1.49. The van der Waals surface area contributed by atoms with Crippen molar-refractivity contribution in [3.63, 3.8) is 0 Å². The number of thiazole rings is 1. The zero-order chi connectivity index (χ0) is 22.6. The molecule has 9 heteroatoms. The Kier molecular flexibility index (Phi) is 4.56. The maximum Gasteiger partial charge on any atom is 0.275 e. The van der Waals surface area contributed by atoms with Crippen LogP contribution in [0.1, 0.15) is 16.9 Å². The second kappa shape index (κ2) is 7.31. The minimum atomic E-state index is -0.475. The van der Waals surface area contributed by atoms with E-state index < -0.39 is 4.92 Å². The summed E-state index contributed by atoms with van der Waals surface area (Å²) in [6, 6.07) is 11.7. The molecule has 0 radical (unpaired) electrons. The standard InChI is InChI=1S/C23H17N3O5S/c1-12-8-17-18(9-13(12)2)25-22(27)21(32-23(25)24-17)11-15-5-7-20(31-15)16-10-14(26(28)29)4-6-19(16)30-3/h4-11H,1-3H3. The van der Waals surface area contributed by atoms with Crippen molar-refractivity contribution in [2.45, 2.75) is 13.8 Å². The molecule has 0 aliphatic rings. The highest BCUT2D eigenvalue weighted by Gasteiger charge is 2.16. The summed E-state index contributed by atoms with van der Waals surface area (Å²) in [5.41, 5.74) is 4.02. The van der Waals surface area contributed by atoms with E-state index in [1.54, 1.807) is 22.6 Å². The molecule has 160 valence electrons. The van der Waals surface area contributed by atoms with Crippen LogP contribution in [0, 0.1) is 24.0 Å². The van der Waals surface area contributed by atoms with E-state index in [-0.39, 0.29) is 11.2 Å². The van der Waals surface area contributed by atoms with Gasteiger partial charge in [-0.3, -0.25) is 14.9 Å². The summed E-state index contributed by atoms with van der Waals surface area (Å²) in [6.45, 7) is 4.02. The zero-order valence-corrected chi connectivity index (χ0v) is 18.2. The lowest BCUT2D eigenvalue weighted by molar-refractivity contribution is -0.384. The van der Waals surface area contributed by atoms with Crippen LogP contribution in [0.3, 0.4) is 0 Å². The molecule has 0 saturated heterocycles. The van der Waals surface area contributed by atoms with Gasteiger partial charge >= 0.3 is 0 Å². The first-order valence-corrected chi connectivity index (χ1v) is 10.5. The number of rotatable bonds is 4. The molecule has 0 bridgehead atoms. The molecule has 0 N–H and O–H groups in total. The summed E-state index contributed by atoms with van der Waals surface area (Å²) in [6.07, 6.45) is 1.65. The highest BCUT2D eigenvalue weighted by atomic mass is 32.1. The van der Waals surface area contributed by atoms with Gasteiger partial charge in [-0.25, -0.2) is 9.38 Å². The van der Waals surface area contributed by atoms with E-state index in [9.17, 15) is 14.9 Å². The number of aromatic nitrogens is 2. The van der Waals surface area contributed by atoms with Crippen LogP contribution in [-0.4, -0.2) is 21.4 Å². The fourth-order valence-corrected chi connectivity index (χ4v) is 4.59. The Labute approximate surface area is 185 Å². The van der Waals surface area contributed by atoms with E-state index in [2.05, 4.69) is 4.98 Å². The van der Waals surface area contributed by atoms with Gasteiger partial charge < -0.3 is 9.15 Å². The van der Waals surface area contributed by atoms with Crippen LogP contribution in [0.4, 0.5) is 5.69 Å². The van der Waals surface area contributed by atoms with E-state index in [0.29, 0.717) is 32.3 Å². The Balaban J connectivity index is 1.61. The minimum absolute atomic E-state index is 0.0681. The van der Waals surface area contributed by atoms with Crippen LogP contribution in [0.25, 0.3) is 33.4 Å². The van der Waals surface area contributed by atoms with Gasteiger partial charge in [0.25, 0.3) is 11.2 Å². The van der Waals surface area contributed by atoms with Crippen molar-refractivity contribution in [1.29, 1.82) is 0 Å². The minimum Gasteiger partial charge on any atom is -0.496 e. The van der Waals surface area contributed by atoms with Gasteiger partial charge in [0, 0.05) is 18.2 Å². The lowest BCUT2D eigenvalue weighted by Gasteiger charge is -2.05. The molecule has 0 atom stereocenters. The Morgan fingerprint density at radius 1 is 1.16 bits per heavy atom. The number of benzene rings is 2. The normalized spacial score (nSPS) is 12.2. The number of nitro benzene ring substituents is 1. The van der Waals surface area contributed by atoms with Crippen LogP contribution >= 0.6 is 11.3 Å². The third-order valence-corrected chi connectivity index (χ3v) is 6.38. The number of furan rings is 1. The van der Waals surface area contributed by atoms with Gasteiger partial charge in [0.1, 0.15) is 21.8 Å². The number of ether oxygens (including phenoxy) is 1. The van der Waals surface area contributed by atoms with E-state index >= 15 is 0 Å². The fraction of sp³-hybridized carbons (Fsp3) is 0.130. The van der Waals surface area contributed by atoms with Crippen LogP contribution in [0.15, 0.2) is 51.7 Å². The molecular formula is C23H17N3O5S. The molecule has 0 unspecified atom stereocenters. The van der Waals surface area contributed by atoms with E-state index in [1.807, 2.05) is 26.0 Å². The second-order valence-electron chi connectivity index (χ2n) is 7.41. The number of methoxy groups -OCH3 is 1. The Morgan fingerprint density at radius 3 is 2.69 bits per heavy atom. The van der Waals surface area contributed by atoms with Crippen molar-refractivity contribution < 1.29 is 14.1 Å². The molecule has 3 aromatic heterocycles. The molecule has 0 aliphatic carbocycles.